The lowest BCUT2D eigenvalue weighted by atomic mass is 9.76. The number of carbonyl (C=O) groups excluding carboxylic acids is 1. The summed E-state index contributed by atoms with van der Waals surface area (Å²) in [5.74, 6) is -1.22. The fourth-order valence-corrected chi connectivity index (χ4v) is 1.65. The topological polar surface area (TPSA) is 72.6 Å². The molecule has 3 N–H and O–H groups in total. The lowest BCUT2D eigenvalue weighted by molar-refractivity contribution is -0.154. The molecule has 19 heavy (non-hydrogen) atoms. The molecule has 6 heteroatoms. The fourth-order valence-electron chi connectivity index (χ4n) is 1.43. The molecular weight excluding hydrogens is 273 g/mol. The van der Waals surface area contributed by atoms with E-state index in [1.807, 2.05) is 0 Å². The van der Waals surface area contributed by atoms with Gasteiger partial charge in [0, 0.05) is 5.41 Å². The van der Waals surface area contributed by atoms with Crippen molar-refractivity contribution in [2.45, 2.75) is 26.4 Å². The molecule has 0 aliphatic carbocycles. The summed E-state index contributed by atoms with van der Waals surface area (Å²) in [5, 5.41) is 10.4. The van der Waals surface area contributed by atoms with Gasteiger partial charge in [0.2, 0.25) is 0 Å². The minimum atomic E-state index is -1.86. The molecule has 0 saturated carbocycles. The molecule has 1 rings (SSSR count). The van der Waals surface area contributed by atoms with E-state index in [-0.39, 0.29) is 17.4 Å². The molecule has 1 atom stereocenters. The molecule has 1 aromatic rings. The lowest BCUT2D eigenvalue weighted by Gasteiger charge is -2.36. The zero-order valence-corrected chi connectivity index (χ0v) is 11.8. The second kappa shape index (κ2) is 5.35. The van der Waals surface area contributed by atoms with Crippen LogP contribution in [0, 0.1) is 11.2 Å². The summed E-state index contributed by atoms with van der Waals surface area (Å²) < 4.78 is 18.2. The van der Waals surface area contributed by atoms with Crippen molar-refractivity contribution >= 4 is 17.5 Å². The summed E-state index contributed by atoms with van der Waals surface area (Å²) in [6, 6.07) is 3.57. The molecule has 4 nitrogen and oxygen atoms in total. The Morgan fingerprint density at radius 1 is 1.47 bits per heavy atom. The van der Waals surface area contributed by atoms with Crippen LogP contribution in [0.3, 0.4) is 0 Å². The average molecular weight is 290 g/mol. The van der Waals surface area contributed by atoms with E-state index < -0.39 is 22.7 Å². The number of aliphatic hydroxyl groups is 1. The zero-order valence-electron chi connectivity index (χ0n) is 11.0. The van der Waals surface area contributed by atoms with E-state index in [0.29, 0.717) is 0 Å². The number of hydrogen-bond acceptors (Lipinski definition) is 3. The Balaban J connectivity index is 2.92. The van der Waals surface area contributed by atoms with Crippen LogP contribution in [0.2, 0.25) is 5.02 Å². The molecule has 0 spiro atoms. The largest absolute Gasteiger partial charge is 0.488 e. The maximum absolute atomic E-state index is 12.9. The van der Waals surface area contributed by atoms with Gasteiger partial charge in [-0.05, 0) is 18.2 Å². The van der Waals surface area contributed by atoms with Crippen molar-refractivity contribution in [3.8, 4) is 5.75 Å². The Bertz CT molecular complexity index is 487. The predicted octanol–water partition coefficient (Wildman–Crippen LogP) is 2.12. The molecule has 106 valence electrons. The van der Waals surface area contributed by atoms with Gasteiger partial charge in [-0.1, -0.05) is 32.4 Å². The van der Waals surface area contributed by atoms with Crippen LogP contribution in [-0.4, -0.2) is 23.2 Å². The fraction of sp³-hybridized carbons (Fsp3) is 0.462. The van der Waals surface area contributed by atoms with Crippen LogP contribution in [0.5, 0.6) is 5.75 Å². The van der Waals surface area contributed by atoms with Crippen molar-refractivity contribution in [3.05, 3.63) is 29.0 Å². The van der Waals surface area contributed by atoms with Crippen LogP contribution in [0.4, 0.5) is 4.39 Å². The minimum Gasteiger partial charge on any atom is -0.488 e. The summed E-state index contributed by atoms with van der Waals surface area (Å²) in [7, 11) is 0. The van der Waals surface area contributed by atoms with Crippen LogP contribution >= 0.6 is 11.6 Å². The molecule has 0 fully saturated rings. The normalized spacial score (nSPS) is 14.8. The summed E-state index contributed by atoms with van der Waals surface area (Å²) >= 11 is 5.79. The number of ether oxygens (including phenoxy) is 1. The number of halogens is 2. The molecule has 0 saturated heterocycles. The maximum atomic E-state index is 12.9. The molecule has 0 heterocycles. The smallest absolute Gasteiger partial charge is 0.253 e. The highest BCUT2D eigenvalue weighted by Crippen LogP contribution is 2.32. The Morgan fingerprint density at radius 2 is 2.05 bits per heavy atom. The number of nitrogens with two attached hydrogens (primary N) is 1. The van der Waals surface area contributed by atoms with Gasteiger partial charge in [0.25, 0.3) is 5.91 Å². The van der Waals surface area contributed by atoms with E-state index in [4.69, 9.17) is 22.1 Å². The average Bonchev–Trinajstić information content (AvgIpc) is 2.25. The highest BCUT2D eigenvalue weighted by atomic mass is 35.5. The molecule has 0 aromatic heterocycles. The zero-order chi connectivity index (χ0) is 14.8. The first-order valence-electron chi connectivity index (χ1n) is 5.68. The van der Waals surface area contributed by atoms with Crippen molar-refractivity contribution in [2.24, 2.45) is 11.1 Å². The van der Waals surface area contributed by atoms with Gasteiger partial charge in [0.1, 0.15) is 18.2 Å². The van der Waals surface area contributed by atoms with Gasteiger partial charge < -0.3 is 15.6 Å². The Kier molecular flexibility index (Phi) is 4.43. The highest BCUT2D eigenvalue weighted by molar-refractivity contribution is 6.32. The first-order chi connectivity index (χ1) is 8.58. The highest BCUT2D eigenvalue weighted by Gasteiger charge is 2.46. The number of benzene rings is 1. The molecule has 1 aromatic carbocycles. The van der Waals surface area contributed by atoms with Gasteiger partial charge in [-0.15, -0.1) is 0 Å². The lowest BCUT2D eigenvalue weighted by Crippen LogP contribution is -2.57. The van der Waals surface area contributed by atoms with Gasteiger partial charge in [-0.25, -0.2) is 4.39 Å². The number of hydrogen-bond donors (Lipinski definition) is 2. The maximum Gasteiger partial charge on any atom is 0.253 e. The molecular formula is C13H17ClFNO3. The van der Waals surface area contributed by atoms with E-state index in [0.717, 1.165) is 6.07 Å². The van der Waals surface area contributed by atoms with E-state index >= 15 is 0 Å². The second-order valence-electron chi connectivity index (χ2n) is 5.34. The molecule has 0 bridgehead atoms. The van der Waals surface area contributed by atoms with Crippen molar-refractivity contribution in [2.75, 3.05) is 6.61 Å². The Morgan fingerprint density at radius 3 is 2.47 bits per heavy atom. The number of amides is 1. The first-order valence-corrected chi connectivity index (χ1v) is 6.06. The van der Waals surface area contributed by atoms with Crippen LogP contribution < -0.4 is 10.5 Å². The summed E-state index contributed by atoms with van der Waals surface area (Å²) in [5.41, 5.74) is 2.55. The SMILES string of the molecule is CC(C)(C)C(O)(COc1ccc(F)cc1Cl)C(N)=O. The molecule has 1 amide bonds. The number of primary amides is 1. The van der Waals surface area contributed by atoms with Crippen LogP contribution in [0.25, 0.3) is 0 Å². The van der Waals surface area contributed by atoms with Gasteiger partial charge in [0.05, 0.1) is 5.02 Å². The number of rotatable bonds is 4. The van der Waals surface area contributed by atoms with Crippen LogP contribution in [0.15, 0.2) is 18.2 Å². The monoisotopic (exact) mass is 289 g/mol. The van der Waals surface area contributed by atoms with E-state index in [1.165, 1.54) is 12.1 Å². The van der Waals surface area contributed by atoms with Crippen LogP contribution in [0.1, 0.15) is 20.8 Å². The molecule has 0 radical (unpaired) electrons. The first kappa shape index (κ1) is 15.7. The number of carbonyl (C=O) groups is 1. The van der Waals surface area contributed by atoms with Gasteiger partial charge in [0.15, 0.2) is 5.60 Å². The van der Waals surface area contributed by atoms with Gasteiger partial charge >= 0.3 is 0 Å². The minimum absolute atomic E-state index is 0.0562. The van der Waals surface area contributed by atoms with Gasteiger partial charge in [-0.2, -0.15) is 0 Å². The predicted molar refractivity (Wildman–Crippen MR) is 70.5 cm³/mol. The van der Waals surface area contributed by atoms with Crippen molar-refractivity contribution in [1.29, 1.82) is 0 Å². The molecule has 1 unspecified atom stereocenters. The quantitative estimate of drug-likeness (QED) is 0.892. The third kappa shape index (κ3) is 3.36. The standard InChI is InChI=1S/C13H17ClFNO3/c1-12(2,3)13(18,11(16)17)7-19-10-5-4-8(15)6-9(10)14/h4-6,18H,7H2,1-3H3,(H2,16,17). The van der Waals surface area contributed by atoms with E-state index in [1.54, 1.807) is 20.8 Å². The van der Waals surface area contributed by atoms with Gasteiger partial charge in [-0.3, -0.25) is 4.79 Å². The van der Waals surface area contributed by atoms with Crippen LogP contribution in [-0.2, 0) is 4.79 Å². The van der Waals surface area contributed by atoms with Crippen molar-refractivity contribution in [1.82, 2.24) is 0 Å². The Hall–Kier alpha value is -1.33. The van der Waals surface area contributed by atoms with E-state index in [2.05, 4.69) is 0 Å². The van der Waals surface area contributed by atoms with Crippen molar-refractivity contribution < 1.29 is 19.0 Å². The van der Waals surface area contributed by atoms with Crippen molar-refractivity contribution in [3.63, 3.8) is 0 Å². The molecule has 0 aliphatic heterocycles. The third-order valence-corrected chi connectivity index (χ3v) is 3.27. The van der Waals surface area contributed by atoms with E-state index in [9.17, 15) is 14.3 Å². The summed E-state index contributed by atoms with van der Waals surface area (Å²) in [4.78, 5) is 11.4. The molecule has 0 aliphatic rings. The second-order valence-corrected chi connectivity index (χ2v) is 5.75. The Labute approximate surface area is 116 Å². The third-order valence-electron chi connectivity index (χ3n) is 2.98. The summed E-state index contributed by atoms with van der Waals surface area (Å²) in [6.07, 6.45) is 0. The summed E-state index contributed by atoms with van der Waals surface area (Å²) in [6.45, 7) is 4.62.